The lowest BCUT2D eigenvalue weighted by Gasteiger charge is -2.50. The number of nitrogen functional groups attached to an aromatic ring is 1. The molecule has 2 aromatic carbocycles. The molecule has 4 aromatic heterocycles. The van der Waals surface area contributed by atoms with E-state index in [0.29, 0.717) is 52.6 Å². The van der Waals surface area contributed by atoms with E-state index < -0.39 is 18.1 Å². The quantitative estimate of drug-likeness (QED) is 0.0677. The second-order valence-corrected chi connectivity index (χ2v) is 26.0. The standard InChI is InChI=1S/C63H81N13O6S/c1-38(2)58(62(80)75-36-48(77)30-53(75)61(79)67-39(3)42-11-13-43(14-12-42)59-40(4)66-37-83-59)55-32-56(70-82-55)72-23-25-74(26-24-72)63(5,6)44-18-21-71(22-19-44)33-41-27-49(28-41)81-57-29-45(17-20-65-57)76-46-15-16-47(76)35-73(34-46)52-31-51(68-69-60(52)64)50-9-7-8-10-54(50)78/h7-14,17,20,29,31-32,37-39,41,44,46-49,53,58,77-78H,15-16,18-19,21-28,30,33-36H2,1-6H3,(H2,64,69)(H,67,79)/t39-,41-,46?,47?,48+,49-,53-,58+/m0/s1. The van der Waals surface area contributed by atoms with E-state index in [0.717, 1.165) is 123 Å². The van der Waals surface area contributed by atoms with Gasteiger partial charge in [0.25, 0.3) is 0 Å². The second-order valence-electron chi connectivity index (χ2n) is 25.2. The summed E-state index contributed by atoms with van der Waals surface area (Å²) >= 11 is 1.60. The number of β-amino-alcohol motifs (C(OH)–C–C–N with tert-alkyl or cyclic N) is 1. The molecule has 0 radical (unpaired) electrons. The number of nitrogens with one attached hydrogen (secondary N) is 1. The number of para-hydroxylation sites is 1. The maximum atomic E-state index is 14.5. The summed E-state index contributed by atoms with van der Waals surface area (Å²) in [5.41, 5.74) is 14.6. The van der Waals surface area contributed by atoms with Gasteiger partial charge in [-0.05, 0) is 132 Å². The lowest BCUT2D eigenvalue weighted by Crippen LogP contribution is -2.59. The van der Waals surface area contributed by atoms with Crippen LogP contribution in [0.2, 0.25) is 0 Å². The van der Waals surface area contributed by atoms with Crippen LogP contribution < -0.4 is 30.5 Å². The number of ether oxygens (including phenoxy) is 1. The Kier molecular flexibility index (Phi) is 16.1. The number of aryl methyl sites for hydroxylation is 1. The summed E-state index contributed by atoms with van der Waals surface area (Å²) in [6, 6.07) is 22.9. The fourth-order valence-corrected chi connectivity index (χ4v) is 15.2. The Hall–Kier alpha value is -6.87. The molecule has 1 saturated carbocycles. The molecule has 83 heavy (non-hydrogen) atoms. The van der Waals surface area contributed by atoms with Crippen LogP contribution in [0.3, 0.4) is 0 Å². The van der Waals surface area contributed by atoms with Crippen molar-refractivity contribution in [1.82, 2.24) is 45.3 Å². The summed E-state index contributed by atoms with van der Waals surface area (Å²) in [6.07, 6.45) is 8.05. The van der Waals surface area contributed by atoms with Gasteiger partial charge >= 0.3 is 0 Å². The van der Waals surface area contributed by atoms with Crippen molar-refractivity contribution in [3.63, 3.8) is 0 Å². The number of likely N-dealkylation sites (tertiary alicyclic amines) is 2. The van der Waals surface area contributed by atoms with E-state index >= 15 is 0 Å². The number of phenols is 1. The summed E-state index contributed by atoms with van der Waals surface area (Å²) in [5, 5.41) is 37.6. The Balaban J connectivity index is 0.581. The van der Waals surface area contributed by atoms with Crippen LogP contribution in [0, 0.1) is 24.7 Å². The summed E-state index contributed by atoms with van der Waals surface area (Å²) in [6.45, 7) is 21.2. The van der Waals surface area contributed by atoms with Gasteiger partial charge in [0, 0.05) is 106 Å². The van der Waals surface area contributed by atoms with Crippen molar-refractivity contribution in [2.45, 2.75) is 134 Å². The van der Waals surface area contributed by atoms with E-state index in [4.69, 9.17) is 15.0 Å². The number of nitrogens with two attached hydrogens (primary N) is 1. The van der Waals surface area contributed by atoms with Gasteiger partial charge in [-0.3, -0.25) is 14.5 Å². The molecule has 9 heterocycles. The Morgan fingerprint density at radius 3 is 2.30 bits per heavy atom. The Labute approximate surface area is 491 Å². The molecule has 2 amide bonds. The van der Waals surface area contributed by atoms with Crippen molar-refractivity contribution >= 4 is 46.2 Å². The highest BCUT2D eigenvalue weighted by atomic mass is 32.1. The molecule has 12 rings (SSSR count). The number of aromatic hydroxyl groups is 1. The molecule has 1 aliphatic carbocycles. The average molecular weight is 1150 g/mol. The zero-order valence-electron chi connectivity index (χ0n) is 48.8. The molecule has 0 spiro atoms. The van der Waals surface area contributed by atoms with E-state index in [1.165, 1.54) is 12.8 Å². The fraction of sp³-hybridized carbons (Fsp3) is 0.540. The Bertz CT molecular complexity index is 3230. The number of phenolic OH excluding ortho intramolecular Hbond substituents is 1. The number of carbonyl (C=O) groups is 2. The van der Waals surface area contributed by atoms with Gasteiger partial charge in [0.2, 0.25) is 17.7 Å². The Morgan fingerprint density at radius 1 is 0.867 bits per heavy atom. The van der Waals surface area contributed by atoms with Crippen molar-refractivity contribution in [2.24, 2.45) is 17.8 Å². The Morgan fingerprint density at radius 2 is 1.60 bits per heavy atom. The van der Waals surface area contributed by atoms with E-state index in [9.17, 15) is 19.8 Å². The smallest absolute Gasteiger partial charge is 0.243 e. The lowest BCUT2D eigenvalue weighted by atomic mass is 9.77. The number of pyridine rings is 1. The third-order valence-corrected chi connectivity index (χ3v) is 20.2. The van der Waals surface area contributed by atoms with Crippen LogP contribution in [0.4, 0.5) is 23.0 Å². The molecular weight excluding hydrogens is 1070 g/mol. The first-order chi connectivity index (χ1) is 40.0. The maximum Gasteiger partial charge on any atom is 0.243 e. The van der Waals surface area contributed by atoms with Gasteiger partial charge in [-0.2, -0.15) is 0 Å². The minimum absolute atomic E-state index is 0.0442. The van der Waals surface area contributed by atoms with Crippen LogP contribution in [0.25, 0.3) is 21.7 Å². The van der Waals surface area contributed by atoms with Gasteiger partial charge < -0.3 is 55.0 Å². The van der Waals surface area contributed by atoms with Gasteiger partial charge in [0.15, 0.2) is 17.4 Å². The number of carbonyl (C=O) groups excluding carboxylic acids is 2. The van der Waals surface area contributed by atoms with E-state index in [1.807, 2.05) is 87.9 Å². The van der Waals surface area contributed by atoms with Crippen molar-refractivity contribution in [3.8, 4) is 33.3 Å². The largest absolute Gasteiger partial charge is 0.507 e. The predicted octanol–water partition coefficient (Wildman–Crippen LogP) is 8.15. The number of aliphatic hydroxyl groups excluding tert-OH is 1. The first kappa shape index (κ1) is 56.6. The number of aromatic nitrogens is 5. The second kappa shape index (κ2) is 23.6. The molecule has 6 fully saturated rings. The van der Waals surface area contributed by atoms with Crippen LogP contribution in [-0.2, 0) is 9.59 Å². The van der Waals surface area contributed by atoms with E-state index in [2.05, 4.69) is 81.1 Å². The summed E-state index contributed by atoms with van der Waals surface area (Å²) in [7, 11) is 0. The highest BCUT2D eigenvalue weighted by molar-refractivity contribution is 7.13. The molecule has 20 heteroatoms. The highest BCUT2D eigenvalue weighted by Crippen LogP contribution is 2.42. The SMILES string of the molecule is Cc1ncsc1-c1ccc([C@H](C)NC(=O)[C@@H]2C[C@@H](O)CN2C(=O)[C@@H](c2cc(N3CCN(C(C)(C)C4CCN(C[C@H]5C[C@H](Oc6cc(N7C8CCC7CN(c7cc(-c9ccccc9O)nnc7N)C8)ccn6)C5)CC4)CC3)no2)C(C)C)cc1. The molecule has 2 unspecified atom stereocenters. The molecule has 440 valence electrons. The van der Waals surface area contributed by atoms with Gasteiger partial charge in [-0.1, -0.05) is 55.4 Å². The van der Waals surface area contributed by atoms with Crippen molar-refractivity contribution in [2.75, 3.05) is 85.9 Å². The fourth-order valence-electron chi connectivity index (χ4n) is 14.3. The number of amides is 2. The van der Waals surface area contributed by atoms with Crippen molar-refractivity contribution in [3.05, 3.63) is 102 Å². The third kappa shape index (κ3) is 11.7. The zero-order chi connectivity index (χ0) is 57.7. The summed E-state index contributed by atoms with van der Waals surface area (Å²) < 4.78 is 12.5. The van der Waals surface area contributed by atoms with Crippen LogP contribution >= 0.6 is 11.3 Å². The number of piperidine rings is 1. The van der Waals surface area contributed by atoms with Crippen LogP contribution in [0.15, 0.2) is 89.0 Å². The maximum absolute atomic E-state index is 14.5. The van der Waals surface area contributed by atoms with Crippen molar-refractivity contribution < 1.29 is 29.1 Å². The number of benzene rings is 2. The molecule has 5 aliphatic heterocycles. The molecule has 6 atom stereocenters. The molecule has 6 aromatic rings. The number of nitrogens with zero attached hydrogens (tertiary/aromatic N) is 11. The number of hydrogen-bond acceptors (Lipinski definition) is 18. The van der Waals surface area contributed by atoms with E-state index in [1.54, 1.807) is 28.4 Å². The first-order valence-electron chi connectivity index (χ1n) is 30.1. The molecule has 19 nitrogen and oxygen atoms in total. The minimum Gasteiger partial charge on any atom is -0.507 e. The summed E-state index contributed by atoms with van der Waals surface area (Å²) in [5.74, 6) is 2.37. The number of aliphatic hydroxyl groups is 1. The topological polar surface area (TPSA) is 219 Å². The predicted molar refractivity (Wildman–Crippen MR) is 323 cm³/mol. The average Bonchev–Trinajstić information content (AvgIpc) is 4.49. The number of anilines is 4. The monoisotopic (exact) mass is 1150 g/mol. The van der Waals surface area contributed by atoms with Gasteiger partial charge in [0.1, 0.15) is 23.8 Å². The van der Waals surface area contributed by atoms with Crippen LogP contribution in [0.5, 0.6) is 11.6 Å². The molecule has 6 aliphatic rings. The number of rotatable bonds is 17. The normalized spacial score (nSPS) is 24.3. The number of hydrogen-bond donors (Lipinski definition) is 4. The molecule has 2 bridgehead atoms. The van der Waals surface area contributed by atoms with Gasteiger partial charge in [-0.25, -0.2) is 9.97 Å². The van der Waals surface area contributed by atoms with Gasteiger partial charge in [-0.15, -0.1) is 21.5 Å². The number of thiazole rings is 1. The minimum atomic E-state index is -0.805. The number of piperazine rings is 2. The third-order valence-electron chi connectivity index (χ3n) is 19.2. The van der Waals surface area contributed by atoms with Crippen LogP contribution in [0.1, 0.15) is 109 Å². The first-order valence-corrected chi connectivity index (χ1v) is 31.0. The zero-order valence-corrected chi connectivity index (χ0v) is 49.6. The van der Waals surface area contributed by atoms with Crippen LogP contribution in [-0.4, -0.2) is 163 Å². The van der Waals surface area contributed by atoms with Gasteiger partial charge in [0.05, 0.1) is 39.6 Å². The molecule has 5 saturated heterocycles. The molecule has 5 N–H and O–H groups in total. The summed E-state index contributed by atoms with van der Waals surface area (Å²) in [4.78, 5) is 52.5. The molecular formula is C63H81N13O6S. The number of fused-ring (bicyclic) bond motifs is 2. The highest BCUT2D eigenvalue weighted by Gasteiger charge is 2.46. The van der Waals surface area contributed by atoms with Crippen molar-refractivity contribution in [1.29, 1.82) is 0 Å². The van der Waals surface area contributed by atoms with E-state index in [-0.39, 0.29) is 54.1 Å². The lowest BCUT2D eigenvalue weighted by molar-refractivity contribution is -0.141.